The van der Waals surface area contributed by atoms with Gasteiger partial charge in [-0.15, -0.1) is 10.2 Å². The number of fused-ring (bicyclic) bond motifs is 3. The zero-order valence-electron chi connectivity index (χ0n) is 40.4. The minimum Gasteiger partial charge on any atom is -0.358 e. The van der Waals surface area contributed by atoms with Gasteiger partial charge in [0, 0.05) is 81.1 Å². The van der Waals surface area contributed by atoms with Crippen molar-refractivity contribution in [3.63, 3.8) is 0 Å². The van der Waals surface area contributed by atoms with Crippen LogP contribution in [-0.2, 0) is 19.5 Å². The van der Waals surface area contributed by atoms with E-state index in [1.165, 1.54) is 118 Å². The van der Waals surface area contributed by atoms with Gasteiger partial charge in [0.15, 0.2) is 5.82 Å². The fourth-order valence-electron chi connectivity index (χ4n) is 8.04. The van der Waals surface area contributed by atoms with Gasteiger partial charge in [0.1, 0.15) is 0 Å². The molecule has 4 heterocycles. The van der Waals surface area contributed by atoms with Crippen molar-refractivity contribution in [1.29, 1.82) is 10.5 Å². The van der Waals surface area contributed by atoms with Crippen LogP contribution in [0, 0.1) is 64.2 Å². The van der Waals surface area contributed by atoms with Crippen LogP contribution in [0.25, 0.3) is 43.2 Å². The molecule has 7 rings (SSSR count). The van der Waals surface area contributed by atoms with Gasteiger partial charge in [-0.1, -0.05) is 75.7 Å². The molecule has 0 aliphatic carbocycles. The Balaban J connectivity index is 0.000000225. The first-order valence-electron chi connectivity index (χ1n) is 23.2. The minimum absolute atomic E-state index is 0.568. The van der Waals surface area contributed by atoms with Gasteiger partial charge in [-0.3, -0.25) is 0 Å². The van der Waals surface area contributed by atoms with Gasteiger partial charge in [0.05, 0.1) is 18.6 Å². The summed E-state index contributed by atoms with van der Waals surface area (Å²) in [4.78, 5) is 6.51. The third-order valence-corrected chi connectivity index (χ3v) is 25.0. The maximum Gasteiger partial charge on any atom is 0.176 e. The van der Waals surface area contributed by atoms with Crippen LogP contribution in [0.15, 0.2) is 76.1 Å². The van der Waals surface area contributed by atoms with Gasteiger partial charge in [-0.25, -0.2) is 0 Å². The molecule has 0 spiro atoms. The number of aromatic amines is 2. The maximum absolute atomic E-state index is 8.81. The largest absolute Gasteiger partial charge is 0.358 e. The van der Waals surface area contributed by atoms with E-state index in [9.17, 15) is 0 Å². The molecule has 0 saturated heterocycles. The SMILES string of the molecule is CCC[CH2][Sn]([CH2]CCC)([CH2]CCC)[N]=[N+]=[N-].Cc1[nH]c2ccccc2c1C.Cc1c(C)n(CCC#N)c2ccccc12.Cc1c(C)n(CCc2nn[nH]n2)c2ccccc12.N#CCCBr. The van der Waals surface area contributed by atoms with E-state index >= 15 is 0 Å². The van der Waals surface area contributed by atoms with E-state index in [0.29, 0.717) is 12.8 Å². The van der Waals surface area contributed by atoms with Gasteiger partial charge < -0.3 is 14.1 Å². The van der Waals surface area contributed by atoms with Crippen LogP contribution in [-0.4, -0.2) is 58.7 Å². The summed E-state index contributed by atoms with van der Waals surface area (Å²) in [6.07, 6.45) is 9.47. The van der Waals surface area contributed by atoms with E-state index in [0.717, 1.165) is 30.7 Å². The molecule has 0 saturated carbocycles. The number of nitrogens with zero attached hydrogens (tertiary/aromatic N) is 10. The third kappa shape index (κ3) is 16.1. The quantitative estimate of drug-likeness (QED) is 0.0321. The summed E-state index contributed by atoms with van der Waals surface area (Å²) < 4.78 is 12.7. The van der Waals surface area contributed by atoms with Crippen molar-refractivity contribution >= 4 is 67.3 Å². The first-order valence-corrected chi connectivity index (χ1v) is 31.6. The monoisotopic (exact) mass is 1050 g/mol. The van der Waals surface area contributed by atoms with Crippen molar-refractivity contribution in [2.75, 3.05) is 5.33 Å². The molecular formula is C51H71BrN12Sn. The molecule has 2 N–H and O–H groups in total. The zero-order chi connectivity index (χ0) is 47.6. The number of aromatic nitrogens is 7. The summed E-state index contributed by atoms with van der Waals surface area (Å²) in [6, 6.07) is 29.4. The molecule has 3 aromatic carbocycles. The van der Waals surface area contributed by atoms with Crippen molar-refractivity contribution in [3.05, 3.63) is 123 Å². The van der Waals surface area contributed by atoms with E-state index in [4.69, 9.17) is 16.1 Å². The number of hydrogen-bond donors (Lipinski definition) is 2. The average Bonchev–Trinajstić information content (AvgIpc) is 4.08. The van der Waals surface area contributed by atoms with Crippen molar-refractivity contribution in [3.8, 4) is 12.1 Å². The number of benzene rings is 3. The summed E-state index contributed by atoms with van der Waals surface area (Å²) in [5.41, 5.74) is 20.4. The molecule has 346 valence electrons. The Kier molecular flexibility index (Phi) is 24.6. The van der Waals surface area contributed by atoms with Crippen LogP contribution < -0.4 is 0 Å². The first kappa shape index (κ1) is 54.3. The maximum atomic E-state index is 8.81. The number of azide groups is 1. The van der Waals surface area contributed by atoms with Crippen LogP contribution in [0.5, 0.6) is 0 Å². The second kappa shape index (κ2) is 29.5. The molecular weight excluding hydrogens is 979 g/mol. The standard InChI is InChI=1S/C13H15N5.C13H14N2.C10H11N.3C4H9.C3H4BrN.N3.Sn/c1-9-10(2)18(8-7-13-14-16-17-15-13)12-6-4-3-5-11(9)12;1-10-11(2)15(9-5-8-14)13-7-4-3-6-12(10)13;1-7-8(2)11-10-6-4-3-5-9(7)10;3*1-3-4-2;4-2-1-3-5;1-3-2;/h3-6H,7-8H2,1-2H3,(H,14,15,16,17);3-4,6-7H,5,9H2,1-2H3;3-6,11H,1-2H3;3*1,3-4H2,2H3;1-2H2;;/q;;;;;;;-1;+1. The molecule has 0 atom stereocenters. The Morgan fingerprint density at radius 3 is 1.62 bits per heavy atom. The second-order valence-electron chi connectivity index (χ2n) is 16.5. The molecule has 0 amide bonds. The van der Waals surface area contributed by atoms with Crippen LogP contribution in [0.3, 0.4) is 0 Å². The van der Waals surface area contributed by atoms with E-state index in [-0.39, 0.29) is 0 Å². The Morgan fingerprint density at radius 1 is 0.692 bits per heavy atom. The van der Waals surface area contributed by atoms with Crippen LogP contribution in [0.4, 0.5) is 0 Å². The summed E-state index contributed by atoms with van der Waals surface area (Å²) in [7, 11) is 0. The molecule has 0 bridgehead atoms. The molecule has 0 unspecified atom stereocenters. The average molecular weight is 1050 g/mol. The van der Waals surface area contributed by atoms with E-state index in [1.54, 1.807) is 0 Å². The summed E-state index contributed by atoms with van der Waals surface area (Å²) in [5.74, 6) is 0.754. The number of unbranched alkanes of at least 4 members (excludes halogenated alkanes) is 3. The third-order valence-electron chi connectivity index (χ3n) is 12.2. The van der Waals surface area contributed by atoms with E-state index < -0.39 is 18.7 Å². The molecule has 65 heavy (non-hydrogen) atoms. The second-order valence-corrected chi connectivity index (χ2v) is 29.1. The van der Waals surface area contributed by atoms with Crippen molar-refractivity contribution < 1.29 is 0 Å². The number of H-pyrrole nitrogens is 2. The molecule has 7 aromatic rings. The molecule has 12 nitrogen and oxygen atoms in total. The Labute approximate surface area is 400 Å². The predicted molar refractivity (Wildman–Crippen MR) is 277 cm³/mol. The minimum atomic E-state index is -2.45. The summed E-state index contributed by atoms with van der Waals surface area (Å²) in [5, 5.41) is 35.2. The topological polar surface area (TPSA) is 176 Å². The number of nitrogens with one attached hydrogen (secondary N) is 2. The molecule has 0 radical (unpaired) electrons. The van der Waals surface area contributed by atoms with E-state index in [2.05, 4.69) is 194 Å². The predicted octanol–water partition coefficient (Wildman–Crippen LogP) is 14.9. The zero-order valence-corrected chi connectivity index (χ0v) is 44.8. The Bertz CT molecular complexity index is 2580. The number of aryl methyl sites for hydroxylation is 7. The van der Waals surface area contributed by atoms with Crippen molar-refractivity contribution in [2.45, 2.75) is 147 Å². The van der Waals surface area contributed by atoms with Crippen LogP contribution in [0.1, 0.15) is 112 Å². The molecule has 0 aliphatic rings. The Morgan fingerprint density at radius 2 is 1.18 bits per heavy atom. The number of para-hydroxylation sites is 3. The number of nitriles is 2. The first-order chi connectivity index (χ1) is 31.5. The molecule has 14 heteroatoms. The molecule has 0 fully saturated rings. The normalized spacial score (nSPS) is 10.6. The molecule has 4 aromatic heterocycles. The van der Waals surface area contributed by atoms with Crippen LogP contribution in [0.2, 0.25) is 13.3 Å². The van der Waals surface area contributed by atoms with Gasteiger partial charge in [-0.2, -0.15) is 15.7 Å². The number of hydrogen-bond acceptors (Lipinski definition) is 6. The van der Waals surface area contributed by atoms with Crippen molar-refractivity contribution in [2.24, 2.45) is 3.34 Å². The Hall–Kier alpha value is -5.08. The number of halogens is 1. The van der Waals surface area contributed by atoms with E-state index in [1.807, 2.05) is 12.1 Å². The van der Waals surface area contributed by atoms with Gasteiger partial charge in [-0.05, 0) is 76.4 Å². The smallest absolute Gasteiger partial charge is 0.176 e. The van der Waals surface area contributed by atoms with Crippen molar-refractivity contribution in [1.82, 2.24) is 34.7 Å². The summed E-state index contributed by atoms with van der Waals surface area (Å²) in [6.45, 7) is 21.2. The van der Waals surface area contributed by atoms with Gasteiger partial charge >= 0.3 is 105 Å². The fraction of sp³-hybridized carbons (Fsp3) is 0.471. The summed E-state index contributed by atoms with van der Waals surface area (Å²) >= 11 is 0.636. The number of alkyl halides is 1. The molecule has 0 aliphatic heterocycles. The number of rotatable bonds is 16. The van der Waals surface area contributed by atoms with Crippen LogP contribution >= 0.6 is 15.9 Å². The van der Waals surface area contributed by atoms with Gasteiger partial charge in [0.25, 0.3) is 0 Å². The fourth-order valence-corrected chi connectivity index (χ4v) is 20.4. The van der Waals surface area contributed by atoms with Gasteiger partial charge in [0.2, 0.25) is 0 Å². The number of tetrazole rings is 1.